The van der Waals surface area contributed by atoms with Crippen LogP contribution < -0.4 is 0 Å². The first-order valence-electron chi connectivity index (χ1n) is 7.08. The molecule has 1 aromatic carbocycles. The van der Waals surface area contributed by atoms with Gasteiger partial charge < -0.3 is 4.98 Å². The summed E-state index contributed by atoms with van der Waals surface area (Å²) >= 11 is 0. The molecule has 1 N–H and O–H groups in total. The largest absolute Gasteiger partial charge is 0.359 e. The van der Waals surface area contributed by atoms with Crippen LogP contribution in [0.15, 0.2) is 18.3 Å². The van der Waals surface area contributed by atoms with Crippen LogP contribution in [0.3, 0.4) is 0 Å². The van der Waals surface area contributed by atoms with E-state index in [-0.39, 0.29) is 1.43 Å². The molecule has 1 nitrogen and oxygen atoms in total. The highest BCUT2D eigenvalue weighted by atomic mass is 19.1. The molecule has 0 bridgehead atoms. The molecule has 19 heavy (non-hydrogen) atoms. The highest BCUT2D eigenvalue weighted by Gasteiger charge is 2.20. The van der Waals surface area contributed by atoms with Crippen LogP contribution in [0.4, 0.5) is 8.78 Å². The van der Waals surface area contributed by atoms with E-state index in [2.05, 4.69) is 11.9 Å². The SMILES string of the molecule is CC1CCC(Cc2c[nH]c3c(F)cc(F)cc23)CC1.[HH]. The zero-order chi connectivity index (χ0) is 13.4. The lowest BCUT2D eigenvalue weighted by Gasteiger charge is -2.25. The Morgan fingerprint density at radius 1 is 1.21 bits per heavy atom. The van der Waals surface area contributed by atoms with Crippen molar-refractivity contribution in [3.8, 4) is 0 Å². The van der Waals surface area contributed by atoms with E-state index < -0.39 is 11.6 Å². The third kappa shape index (κ3) is 2.51. The van der Waals surface area contributed by atoms with Crippen molar-refractivity contribution >= 4 is 10.9 Å². The molecular formula is C16H21F2N. The number of rotatable bonds is 2. The van der Waals surface area contributed by atoms with Crippen molar-refractivity contribution in [2.24, 2.45) is 11.8 Å². The number of hydrogen-bond donors (Lipinski definition) is 1. The second-order valence-electron chi connectivity index (χ2n) is 5.95. The summed E-state index contributed by atoms with van der Waals surface area (Å²) in [4.78, 5) is 2.94. The van der Waals surface area contributed by atoms with Crippen molar-refractivity contribution in [2.45, 2.75) is 39.0 Å². The maximum Gasteiger partial charge on any atom is 0.150 e. The Kier molecular flexibility index (Phi) is 3.29. The Morgan fingerprint density at radius 2 is 1.95 bits per heavy atom. The standard InChI is InChI=1S/C16H19F2N.H2/c1-10-2-4-11(5-3-10)6-12-9-19-16-14(12)7-13(17)8-15(16)18;/h7-11,19H,2-6H2,1H3;1H. The van der Waals surface area contributed by atoms with Gasteiger partial charge in [-0.25, -0.2) is 8.78 Å². The number of fused-ring (bicyclic) bond motifs is 1. The maximum absolute atomic E-state index is 13.6. The van der Waals surface area contributed by atoms with Gasteiger partial charge in [0.1, 0.15) is 11.6 Å². The molecule has 0 unspecified atom stereocenters. The third-order valence-corrected chi connectivity index (χ3v) is 4.44. The van der Waals surface area contributed by atoms with Gasteiger partial charge in [-0.15, -0.1) is 0 Å². The summed E-state index contributed by atoms with van der Waals surface area (Å²) < 4.78 is 26.9. The Balaban J connectivity index is 0.00000147. The fraction of sp³-hybridized carbons (Fsp3) is 0.500. The molecule has 0 radical (unpaired) electrons. The molecule has 1 aliphatic rings. The van der Waals surface area contributed by atoms with Crippen LogP contribution in [0.1, 0.15) is 39.6 Å². The van der Waals surface area contributed by atoms with Crippen molar-refractivity contribution < 1.29 is 10.2 Å². The molecule has 1 fully saturated rings. The highest BCUT2D eigenvalue weighted by molar-refractivity contribution is 5.83. The first kappa shape index (κ1) is 12.6. The van der Waals surface area contributed by atoms with E-state index in [9.17, 15) is 8.78 Å². The zero-order valence-corrected chi connectivity index (χ0v) is 11.2. The Bertz CT molecular complexity index is 585. The highest BCUT2D eigenvalue weighted by Crippen LogP contribution is 2.32. The summed E-state index contributed by atoms with van der Waals surface area (Å²) in [6, 6.07) is 2.38. The molecule has 1 aliphatic carbocycles. The van der Waals surface area contributed by atoms with Crippen LogP contribution in [-0.4, -0.2) is 4.98 Å². The average molecular weight is 265 g/mol. The Labute approximate surface area is 113 Å². The summed E-state index contributed by atoms with van der Waals surface area (Å²) in [5.41, 5.74) is 1.48. The second kappa shape index (κ2) is 4.95. The van der Waals surface area contributed by atoms with Crippen molar-refractivity contribution in [1.82, 2.24) is 4.98 Å². The molecule has 3 rings (SSSR count). The lowest BCUT2D eigenvalue weighted by atomic mass is 9.80. The molecular weight excluding hydrogens is 244 g/mol. The number of benzene rings is 1. The fourth-order valence-corrected chi connectivity index (χ4v) is 3.22. The molecule has 104 valence electrons. The molecule has 2 aromatic rings. The van der Waals surface area contributed by atoms with Gasteiger partial charge in [-0.3, -0.25) is 0 Å². The fourth-order valence-electron chi connectivity index (χ4n) is 3.22. The summed E-state index contributed by atoms with van der Waals surface area (Å²) in [5.74, 6) is 0.484. The number of aromatic nitrogens is 1. The van der Waals surface area contributed by atoms with Gasteiger partial charge in [0.15, 0.2) is 0 Å². The number of nitrogens with one attached hydrogen (secondary N) is 1. The molecule has 0 spiro atoms. The zero-order valence-electron chi connectivity index (χ0n) is 11.2. The normalized spacial score (nSPS) is 23.9. The van der Waals surface area contributed by atoms with E-state index in [4.69, 9.17) is 0 Å². The monoisotopic (exact) mass is 265 g/mol. The molecule has 0 atom stereocenters. The smallest absolute Gasteiger partial charge is 0.150 e. The minimum Gasteiger partial charge on any atom is -0.359 e. The summed E-state index contributed by atoms with van der Waals surface area (Å²) in [5, 5.41) is 0.705. The second-order valence-corrected chi connectivity index (χ2v) is 5.95. The van der Waals surface area contributed by atoms with Crippen LogP contribution >= 0.6 is 0 Å². The van der Waals surface area contributed by atoms with Crippen LogP contribution in [0.2, 0.25) is 0 Å². The van der Waals surface area contributed by atoms with Crippen LogP contribution in [-0.2, 0) is 6.42 Å². The molecule has 1 saturated carbocycles. The van der Waals surface area contributed by atoms with E-state index >= 15 is 0 Å². The van der Waals surface area contributed by atoms with Crippen molar-refractivity contribution in [3.05, 3.63) is 35.5 Å². The summed E-state index contributed by atoms with van der Waals surface area (Å²) in [7, 11) is 0. The minimum absolute atomic E-state index is 0. The van der Waals surface area contributed by atoms with Gasteiger partial charge >= 0.3 is 0 Å². The van der Waals surface area contributed by atoms with E-state index in [1.165, 1.54) is 31.7 Å². The van der Waals surface area contributed by atoms with Crippen molar-refractivity contribution in [1.29, 1.82) is 0 Å². The minimum atomic E-state index is -0.501. The molecule has 1 heterocycles. The topological polar surface area (TPSA) is 15.8 Å². The predicted molar refractivity (Wildman–Crippen MR) is 75.2 cm³/mol. The number of aromatic amines is 1. The lowest BCUT2D eigenvalue weighted by molar-refractivity contribution is 0.289. The number of halogens is 2. The first-order chi connectivity index (χ1) is 9.13. The van der Waals surface area contributed by atoms with Gasteiger partial charge in [-0.1, -0.05) is 19.8 Å². The summed E-state index contributed by atoms with van der Waals surface area (Å²) in [6.07, 6.45) is 7.77. The molecule has 0 amide bonds. The first-order valence-corrected chi connectivity index (χ1v) is 7.08. The van der Waals surface area contributed by atoms with Gasteiger partial charge in [0.25, 0.3) is 0 Å². The van der Waals surface area contributed by atoms with E-state index in [1.807, 2.05) is 6.20 Å². The average Bonchev–Trinajstić information content (AvgIpc) is 2.76. The van der Waals surface area contributed by atoms with Gasteiger partial charge in [-0.2, -0.15) is 0 Å². The predicted octanol–water partition coefficient (Wildman–Crippen LogP) is 5.06. The van der Waals surface area contributed by atoms with Crippen molar-refractivity contribution in [3.63, 3.8) is 0 Å². The quantitative estimate of drug-likeness (QED) is 0.781. The Morgan fingerprint density at radius 3 is 2.68 bits per heavy atom. The lowest BCUT2D eigenvalue weighted by Crippen LogP contribution is -2.14. The number of hydrogen-bond acceptors (Lipinski definition) is 0. The molecule has 1 aromatic heterocycles. The molecule has 3 heteroatoms. The van der Waals surface area contributed by atoms with Gasteiger partial charge in [0.2, 0.25) is 0 Å². The van der Waals surface area contributed by atoms with Crippen LogP contribution in [0.25, 0.3) is 10.9 Å². The van der Waals surface area contributed by atoms with E-state index in [0.717, 1.165) is 24.0 Å². The third-order valence-electron chi connectivity index (χ3n) is 4.44. The van der Waals surface area contributed by atoms with Crippen molar-refractivity contribution in [2.75, 3.05) is 0 Å². The van der Waals surface area contributed by atoms with Gasteiger partial charge in [0.05, 0.1) is 5.52 Å². The number of H-pyrrole nitrogens is 1. The van der Waals surface area contributed by atoms with Gasteiger partial charge in [0, 0.05) is 19.1 Å². The Hall–Kier alpha value is -1.38. The molecule has 0 aliphatic heterocycles. The van der Waals surface area contributed by atoms with E-state index in [0.29, 0.717) is 16.8 Å². The van der Waals surface area contributed by atoms with E-state index in [1.54, 1.807) is 0 Å². The van der Waals surface area contributed by atoms with Gasteiger partial charge in [-0.05, 0) is 42.7 Å². The van der Waals surface area contributed by atoms with Crippen LogP contribution in [0, 0.1) is 23.5 Å². The molecule has 0 saturated heterocycles. The van der Waals surface area contributed by atoms with Crippen LogP contribution in [0.5, 0.6) is 0 Å². The maximum atomic E-state index is 13.6. The summed E-state index contributed by atoms with van der Waals surface area (Å²) in [6.45, 7) is 2.30.